The fraction of sp³-hybridized carbons (Fsp3) is 0.474. The van der Waals surface area contributed by atoms with E-state index in [0.29, 0.717) is 21.6 Å². The van der Waals surface area contributed by atoms with Gasteiger partial charge in [0.05, 0.1) is 16.6 Å². The molecule has 7 nitrogen and oxygen atoms in total. The van der Waals surface area contributed by atoms with Crippen LogP contribution in [0.25, 0.3) is 10.2 Å². The average molecular weight is 385 g/mol. The third kappa shape index (κ3) is 2.97. The van der Waals surface area contributed by atoms with Gasteiger partial charge < -0.3 is 14.0 Å². The van der Waals surface area contributed by atoms with Gasteiger partial charge in [-0.25, -0.2) is 9.97 Å². The zero-order chi connectivity index (χ0) is 19.1. The summed E-state index contributed by atoms with van der Waals surface area (Å²) < 4.78 is 3.61. The van der Waals surface area contributed by atoms with Crippen LogP contribution in [0.2, 0.25) is 0 Å². The largest absolute Gasteiger partial charge is 0.337 e. The third-order valence-electron chi connectivity index (χ3n) is 5.37. The number of likely N-dealkylation sites (tertiary alicyclic amines) is 1. The van der Waals surface area contributed by atoms with Crippen molar-refractivity contribution in [1.82, 2.24) is 24.0 Å². The molecular weight excluding hydrogens is 362 g/mol. The summed E-state index contributed by atoms with van der Waals surface area (Å²) in [5.74, 6) is 1.30. The minimum absolute atomic E-state index is 0.00291. The molecule has 0 aromatic carbocycles. The Hall–Kier alpha value is -2.48. The first kappa shape index (κ1) is 17.9. The molecule has 0 aliphatic carbocycles. The van der Waals surface area contributed by atoms with Crippen molar-refractivity contribution >= 4 is 27.5 Å². The van der Waals surface area contributed by atoms with Gasteiger partial charge in [0, 0.05) is 45.0 Å². The fourth-order valence-electron chi connectivity index (χ4n) is 3.88. The maximum absolute atomic E-state index is 13.2. The highest BCUT2D eigenvalue weighted by atomic mass is 32.1. The van der Waals surface area contributed by atoms with Gasteiger partial charge in [0.1, 0.15) is 10.7 Å². The monoisotopic (exact) mass is 385 g/mol. The molecule has 0 saturated carbocycles. The Morgan fingerprint density at radius 1 is 1.37 bits per heavy atom. The summed E-state index contributed by atoms with van der Waals surface area (Å²) in [4.78, 5) is 37.7. The topological polar surface area (TPSA) is 73.0 Å². The van der Waals surface area contributed by atoms with Crippen molar-refractivity contribution < 1.29 is 4.79 Å². The van der Waals surface area contributed by atoms with Crippen molar-refractivity contribution in [3.63, 3.8) is 0 Å². The number of imidazole rings is 1. The lowest BCUT2D eigenvalue weighted by atomic mass is 9.96. The molecule has 1 unspecified atom stereocenters. The number of fused-ring (bicyclic) bond motifs is 1. The van der Waals surface area contributed by atoms with Crippen molar-refractivity contribution in [3.8, 4) is 0 Å². The van der Waals surface area contributed by atoms with Gasteiger partial charge in [-0.1, -0.05) is 0 Å². The number of aryl methyl sites for hydroxylation is 3. The van der Waals surface area contributed by atoms with Gasteiger partial charge in [0.2, 0.25) is 0 Å². The van der Waals surface area contributed by atoms with Gasteiger partial charge in [0.25, 0.3) is 11.5 Å². The minimum atomic E-state index is -0.103. The highest BCUT2D eigenvalue weighted by Crippen LogP contribution is 2.31. The van der Waals surface area contributed by atoms with Crippen molar-refractivity contribution in [2.45, 2.75) is 39.2 Å². The quantitative estimate of drug-likeness (QED) is 0.694. The van der Waals surface area contributed by atoms with E-state index in [1.54, 1.807) is 7.05 Å². The van der Waals surface area contributed by atoms with Gasteiger partial charge >= 0.3 is 0 Å². The molecule has 1 aliphatic heterocycles. The molecule has 0 spiro atoms. The molecule has 1 fully saturated rings. The number of hydrogen-bond acceptors (Lipinski definition) is 5. The molecule has 3 aromatic heterocycles. The number of carbonyl (C=O) groups is 1. The second-order valence-corrected chi connectivity index (χ2v) is 8.06. The Morgan fingerprint density at radius 2 is 2.19 bits per heavy atom. The van der Waals surface area contributed by atoms with Crippen molar-refractivity contribution in [3.05, 3.63) is 45.3 Å². The molecule has 3 aromatic rings. The molecule has 8 heteroatoms. The first-order valence-corrected chi connectivity index (χ1v) is 10.1. The van der Waals surface area contributed by atoms with Gasteiger partial charge in [-0.15, -0.1) is 11.3 Å². The highest BCUT2D eigenvalue weighted by Gasteiger charge is 2.30. The zero-order valence-electron chi connectivity index (χ0n) is 15.8. The van der Waals surface area contributed by atoms with E-state index >= 15 is 0 Å². The number of rotatable bonds is 3. The molecule has 4 rings (SSSR count). The van der Waals surface area contributed by atoms with Crippen LogP contribution in [0.4, 0.5) is 0 Å². The summed E-state index contributed by atoms with van der Waals surface area (Å²) in [6.45, 7) is 6.23. The molecular formula is C19H23N5O2S. The number of carbonyl (C=O) groups excluding carboxylic acids is 1. The Bertz CT molecular complexity index is 1060. The van der Waals surface area contributed by atoms with E-state index < -0.39 is 0 Å². The lowest BCUT2D eigenvalue weighted by Crippen LogP contribution is -2.39. The minimum Gasteiger partial charge on any atom is -0.337 e. The number of nitrogens with zero attached hydrogens (tertiary/aromatic N) is 5. The average Bonchev–Trinajstić information content (AvgIpc) is 3.29. The Kier molecular flexibility index (Phi) is 4.59. The molecule has 142 valence electrons. The summed E-state index contributed by atoms with van der Waals surface area (Å²) in [6, 6.07) is 0. The molecule has 4 heterocycles. The summed E-state index contributed by atoms with van der Waals surface area (Å²) in [6.07, 6.45) is 7.33. The SMILES string of the molecule is CCn1ccnc1C1CCCN(C(=O)c2sc3ncn(C)c(=O)c3c2C)C1. The molecule has 1 aliphatic rings. The maximum Gasteiger partial charge on any atom is 0.264 e. The first-order chi connectivity index (χ1) is 13.0. The molecule has 1 saturated heterocycles. The van der Waals surface area contributed by atoms with Gasteiger partial charge in [-0.2, -0.15) is 0 Å². The highest BCUT2D eigenvalue weighted by molar-refractivity contribution is 7.20. The van der Waals surface area contributed by atoms with Crippen LogP contribution >= 0.6 is 11.3 Å². The molecule has 27 heavy (non-hydrogen) atoms. The van der Waals surface area contributed by atoms with Crippen molar-refractivity contribution in [1.29, 1.82) is 0 Å². The van der Waals surface area contributed by atoms with Crippen LogP contribution < -0.4 is 5.56 Å². The number of amides is 1. The van der Waals surface area contributed by atoms with E-state index in [1.807, 2.05) is 24.2 Å². The van der Waals surface area contributed by atoms with Gasteiger partial charge in [0.15, 0.2) is 0 Å². The normalized spacial score (nSPS) is 17.6. The first-order valence-electron chi connectivity index (χ1n) is 9.26. The van der Waals surface area contributed by atoms with Gasteiger partial charge in [-0.05, 0) is 32.3 Å². The Morgan fingerprint density at radius 3 is 2.96 bits per heavy atom. The van der Waals surface area contributed by atoms with Crippen LogP contribution in [-0.4, -0.2) is 43.0 Å². The van der Waals surface area contributed by atoms with Crippen LogP contribution in [-0.2, 0) is 13.6 Å². The maximum atomic E-state index is 13.2. The third-order valence-corrected chi connectivity index (χ3v) is 6.55. The number of thiophene rings is 1. The summed E-state index contributed by atoms with van der Waals surface area (Å²) >= 11 is 1.32. The predicted octanol–water partition coefficient (Wildman–Crippen LogP) is 2.54. The van der Waals surface area contributed by atoms with Crippen LogP contribution in [0.5, 0.6) is 0 Å². The fourth-order valence-corrected chi connectivity index (χ4v) is 4.98. The summed E-state index contributed by atoms with van der Waals surface area (Å²) in [7, 11) is 1.68. The van der Waals surface area contributed by atoms with E-state index in [-0.39, 0.29) is 17.4 Å². The summed E-state index contributed by atoms with van der Waals surface area (Å²) in [5.41, 5.74) is 0.639. The van der Waals surface area contributed by atoms with Crippen LogP contribution in [0.1, 0.15) is 46.7 Å². The second kappa shape index (κ2) is 6.92. The van der Waals surface area contributed by atoms with E-state index in [1.165, 1.54) is 22.2 Å². The molecule has 0 bridgehead atoms. The van der Waals surface area contributed by atoms with Crippen molar-refractivity contribution in [2.24, 2.45) is 7.05 Å². The Labute approximate surface area is 161 Å². The second-order valence-electron chi connectivity index (χ2n) is 7.06. The standard InChI is InChI=1S/C19H23N5O2S/c1-4-23-9-7-20-16(23)13-6-5-8-24(10-13)19(26)15-12(2)14-17(27-15)21-11-22(3)18(14)25/h7,9,11,13H,4-6,8,10H2,1-3H3. The van der Waals surface area contributed by atoms with Crippen molar-refractivity contribution in [2.75, 3.05) is 13.1 Å². The van der Waals surface area contributed by atoms with E-state index in [4.69, 9.17) is 0 Å². The molecule has 0 radical (unpaired) electrons. The van der Waals surface area contributed by atoms with Crippen LogP contribution in [0.3, 0.4) is 0 Å². The van der Waals surface area contributed by atoms with E-state index in [9.17, 15) is 9.59 Å². The number of piperidine rings is 1. The Balaban J connectivity index is 1.65. The lowest BCUT2D eigenvalue weighted by molar-refractivity contribution is 0.0707. The lowest BCUT2D eigenvalue weighted by Gasteiger charge is -2.32. The van der Waals surface area contributed by atoms with Gasteiger partial charge in [-0.3, -0.25) is 9.59 Å². The van der Waals surface area contributed by atoms with E-state index in [0.717, 1.165) is 37.3 Å². The predicted molar refractivity (Wildman–Crippen MR) is 105 cm³/mol. The zero-order valence-corrected chi connectivity index (χ0v) is 16.6. The van der Waals surface area contributed by atoms with E-state index in [2.05, 4.69) is 21.5 Å². The number of hydrogen-bond donors (Lipinski definition) is 0. The molecule has 0 N–H and O–H groups in total. The van der Waals surface area contributed by atoms with Crippen LogP contribution in [0, 0.1) is 6.92 Å². The number of aromatic nitrogens is 4. The smallest absolute Gasteiger partial charge is 0.264 e. The molecule has 1 amide bonds. The van der Waals surface area contributed by atoms with Crippen LogP contribution in [0.15, 0.2) is 23.5 Å². The molecule has 1 atom stereocenters. The summed E-state index contributed by atoms with van der Waals surface area (Å²) in [5, 5.41) is 0.559.